The van der Waals surface area contributed by atoms with Crippen molar-refractivity contribution in [3.05, 3.63) is 52.3 Å². The molecule has 0 amide bonds. The van der Waals surface area contributed by atoms with Crippen LogP contribution >= 0.6 is 15.9 Å². The smallest absolute Gasteiger partial charge is 0.311 e. The number of pyridine rings is 1. The molecule has 0 radical (unpaired) electrons. The van der Waals surface area contributed by atoms with Gasteiger partial charge in [0.25, 0.3) is 0 Å². The molecular formula is C26H33BrN2O2. The summed E-state index contributed by atoms with van der Waals surface area (Å²) in [6.45, 7) is 13.6. The molecule has 166 valence electrons. The summed E-state index contributed by atoms with van der Waals surface area (Å²) in [7, 11) is 0. The average molecular weight is 485 g/mol. The summed E-state index contributed by atoms with van der Waals surface area (Å²) in [5, 5.41) is 1.17. The lowest BCUT2D eigenvalue weighted by molar-refractivity contribution is -0.153. The van der Waals surface area contributed by atoms with Gasteiger partial charge >= 0.3 is 5.97 Å². The Bertz CT molecular complexity index is 1080. The van der Waals surface area contributed by atoms with E-state index in [-0.39, 0.29) is 5.97 Å². The predicted molar refractivity (Wildman–Crippen MR) is 131 cm³/mol. The van der Waals surface area contributed by atoms with Crippen LogP contribution < -0.4 is 0 Å². The highest BCUT2D eigenvalue weighted by molar-refractivity contribution is 9.10. The Kier molecular flexibility index (Phi) is 7.25. The minimum absolute atomic E-state index is 0.165. The van der Waals surface area contributed by atoms with E-state index in [9.17, 15) is 4.79 Å². The lowest BCUT2D eigenvalue weighted by Crippen LogP contribution is -2.29. The Morgan fingerprint density at radius 3 is 2.61 bits per heavy atom. The van der Waals surface area contributed by atoms with Crippen LogP contribution in [-0.2, 0) is 22.5 Å². The number of nitrogens with zero attached hydrogens (tertiary/aromatic N) is 2. The van der Waals surface area contributed by atoms with Crippen molar-refractivity contribution in [1.82, 2.24) is 9.55 Å². The molecule has 4 nitrogen and oxygen atoms in total. The van der Waals surface area contributed by atoms with Crippen LogP contribution in [-0.4, -0.2) is 22.1 Å². The number of aryl methyl sites for hydroxylation is 1. The normalized spacial score (nSPS) is 12.9. The van der Waals surface area contributed by atoms with E-state index in [0.717, 1.165) is 34.4 Å². The van der Waals surface area contributed by atoms with Crippen LogP contribution in [0.1, 0.15) is 65.1 Å². The summed E-state index contributed by atoms with van der Waals surface area (Å²) in [5.41, 5.74) is 5.13. The second-order valence-corrected chi connectivity index (χ2v) is 9.68. The fourth-order valence-electron chi connectivity index (χ4n) is 4.26. The van der Waals surface area contributed by atoms with E-state index < -0.39 is 5.41 Å². The number of benzene rings is 1. The van der Waals surface area contributed by atoms with Crippen molar-refractivity contribution >= 4 is 32.8 Å². The molecule has 0 saturated carbocycles. The van der Waals surface area contributed by atoms with E-state index >= 15 is 0 Å². The van der Waals surface area contributed by atoms with Crippen LogP contribution in [0.3, 0.4) is 0 Å². The Labute approximate surface area is 194 Å². The monoisotopic (exact) mass is 484 g/mol. The van der Waals surface area contributed by atoms with E-state index in [2.05, 4.69) is 65.5 Å². The third-order valence-electron chi connectivity index (χ3n) is 6.07. The van der Waals surface area contributed by atoms with Crippen molar-refractivity contribution in [2.75, 3.05) is 6.61 Å². The molecule has 0 fully saturated rings. The van der Waals surface area contributed by atoms with Crippen molar-refractivity contribution in [1.29, 1.82) is 0 Å². The van der Waals surface area contributed by atoms with Gasteiger partial charge in [0.2, 0.25) is 0 Å². The topological polar surface area (TPSA) is 44.1 Å². The molecule has 0 N–H and O–H groups in total. The number of carbonyl (C=O) groups is 1. The molecule has 2 aromatic heterocycles. The molecule has 3 aromatic rings. The van der Waals surface area contributed by atoms with Crippen LogP contribution in [0.25, 0.3) is 22.2 Å². The maximum Gasteiger partial charge on any atom is 0.311 e. The van der Waals surface area contributed by atoms with Gasteiger partial charge in [-0.15, -0.1) is 0 Å². The summed E-state index contributed by atoms with van der Waals surface area (Å²) in [4.78, 5) is 17.5. The summed E-state index contributed by atoms with van der Waals surface area (Å²) < 4.78 is 8.80. The highest BCUT2D eigenvalue weighted by Crippen LogP contribution is 2.41. The van der Waals surface area contributed by atoms with Gasteiger partial charge < -0.3 is 9.30 Å². The first kappa shape index (κ1) is 23.5. The molecule has 0 aliphatic heterocycles. The molecule has 0 bridgehead atoms. The third kappa shape index (κ3) is 4.57. The quantitative estimate of drug-likeness (QED) is 0.319. The van der Waals surface area contributed by atoms with Crippen LogP contribution in [0.2, 0.25) is 0 Å². The minimum Gasteiger partial charge on any atom is -0.466 e. The zero-order chi connectivity index (χ0) is 22.8. The van der Waals surface area contributed by atoms with Gasteiger partial charge in [-0.1, -0.05) is 29.8 Å². The minimum atomic E-state index is -0.640. The van der Waals surface area contributed by atoms with E-state index in [0.29, 0.717) is 18.9 Å². The number of hydrogen-bond acceptors (Lipinski definition) is 3. The fourth-order valence-corrected chi connectivity index (χ4v) is 4.62. The van der Waals surface area contributed by atoms with Crippen molar-refractivity contribution < 1.29 is 9.53 Å². The molecule has 0 saturated heterocycles. The zero-order valence-corrected chi connectivity index (χ0v) is 21.0. The summed E-state index contributed by atoms with van der Waals surface area (Å²) in [6, 6.07) is 10.6. The highest BCUT2D eigenvalue weighted by atomic mass is 79.9. The lowest BCUT2D eigenvalue weighted by atomic mass is 9.83. The van der Waals surface area contributed by atoms with Crippen molar-refractivity contribution in [3.8, 4) is 11.3 Å². The van der Waals surface area contributed by atoms with Crippen LogP contribution in [0, 0.1) is 5.41 Å². The second-order valence-electron chi connectivity index (χ2n) is 8.76. The van der Waals surface area contributed by atoms with Crippen molar-refractivity contribution in [2.24, 2.45) is 5.41 Å². The highest BCUT2D eigenvalue weighted by Gasteiger charge is 2.33. The van der Waals surface area contributed by atoms with E-state index in [1.54, 1.807) is 0 Å². The molecule has 3 rings (SSSR count). The van der Waals surface area contributed by atoms with Gasteiger partial charge in [-0.2, -0.15) is 0 Å². The molecule has 5 heteroatoms. The first-order chi connectivity index (χ1) is 14.7. The van der Waals surface area contributed by atoms with Crippen LogP contribution in [0.15, 0.2) is 41.0 Å². The molecule has 1 aromatic carbocycles. The van der Waals surface area contributed by atoms with Crippen LogP contribution in [0.5, 0.6) is 0 Å². The summed E-state index contributed by atoms with van der Waals surface area (Å²) >= 11 is 3.65. The SMILES string of the molecule is CCOC(=O)C(C)(C)Cc1c(-c2cccnc2[C@H](C)CC)n(CC)c2ccc(Br)cc12. The van der Waals surface area contributed by atoms with E-state index in [1.165, 1.54) is 16.5 Å². The number of rotatable bonds is 8. The van der Waals surface area contributed by atoms with Crippen LogP contribution in [0.4, 0.5) is 0 Å². The van der Waals surface area contributed by atoms with Gasteiger partial charge in [0, 0.05) is 33.7 Å². The first-order valence-corrected chi connectivity index (χ1v) is 12.0. The number of esters is 1. The predicted octanol–water partition coefficient (Wildman–Crippen LogP) is 7.13. The Balaban J connectivity index is 2.34. The Hall–Kier alpha value is -2.14. The number of aromatic nitrogens is 2. The van der Waals surface area contributed by atoms with Gasteiger partial charge in [-0.3, -0.25) is 9.78 Å². The van der Waals surface area contributed by atoms with Crippen molar-refractivity contribution in [3.63, 3.8) is 0 Å². The lowest BCUT2D eigenvalue weighted by Gasteiger charge is -2.24. The largest absolute Gasteiger partial charge is 0.466 e. The average Bonchev–Trinajstić information content (AvgIpc) is 3.05. The maximum absolute atomic E-state index is 12.8. The van der Waals surface area contributed by atoms with E-state index in [4.69, 9.17) is 9.72 Å². The number of ether oxygens (including phenoxy) is 1. The number of halogens is 1. The maximum atomic E-state index is 12.8. The van der Waals surface area contributed by atoms with Gasteiger partial charge in [0.05, 0.1) is 23.4 Å². The molecule has 31 heavy (non-hydrogen) atoms. The first-order valence-electron chi connectivity index (χ1n) is 11.2. The third-order valence-corrected chi connectivity index (χ3v) is 6.56. The summed E-state index contributed by atoms with van der Waals surface area (Å²) in [6.07, 6.45) is 3.49. The molecule has 2 heterocycles. The molecule has 1 atom stereocenters. The molecule has 0 aliphatic rings. The standard InChI is InChI=1S/C26H33BrN2O2/c1-7-17(4)23-19(11-10-14-28-23)24-21(16-26(5,6)25(30)31-9-3)20-15-18(27)12-13-22(20)29(24)8-2/h10-15,17H,7-9,16H2,1-6H3/t17-/m1/s1. The summed E-state index contributed by atoms with van der Waals surface area (Å²) in [5.74, 6) is 0.179. The number of carbonyl (C=O) groups excluding carboxylic acids is 1. The number of hydrogen-bond donors (Lipinski definition) is 0. The number of fused-ring (bicyclic) bond motifs is 1. The zero-order valence-electron chi connectivity index (χ0n) is 19.5. The molecule has 0 unspecified atom stereocenters. The Morgan fingerprint density at radius 1 is 1.23 bits per heavy atom. The van der Waals surface area contributed by atoms with E-state index in [1.807, 2.05) is 33.0 Å². The van der Waals surface area contributed by atoms with Gasteiger partial charge in [-0.25, -0.2) is 0 Å². The van der Waals surface area contributed by atoms with Gasteiger partial charge in [-0.05, 0) is 82.3 Å². The van der Waals surface area contributed by atoms with Gasteiger partial charge in [0.1, 0.15) is 0 Å². The molecular weight excluding hydrogens is 452 g/mol. The van der Waals surface area contributed by atoms with Crippen molar-refractivity contribution in [2.45, 2.75) is 66.8 Å². The molecule has 0 spiro atoms. The fraction of sp³-hybridized carbons (Fsp3) is 0.462. The molecule has 0 aliphatic carbocycles. The second kappa shape index (κ2) is 9.56. The van der Waals surface area contributed by atoms with Gasteiger partial charge in [0.15, 0.2) is 0 Å². The Morgan fingerprint density at radius 2 is 1.97 bits per heavy atom.